The Hall–Kier alpha value is -4.90. The van der Waals surface area contributed by atoms with Crippen LogP contribution in [0, 0.1) is 5.82 Å². The molecule has 0 fully saturated rings. The van der Waals surface area contributed by atoms with Gasteiger partial charge in [-0.1, -0.05) is 20.8 Å². The highest BCUT2D eigenvalue weighted by molar-refractivity contribution is 6.00. The van der Waals surface area contributed by atoms with Crippen LogP contribution in [0.3, 0.4) is 0 Å². The number of rotatable bonds is 12. The largest absolute Gasteiger partial charge is 0.438 e. The molecule has 0 bridgehead atoms. The molecular formula is C31H34FN7O3. The number of amides is 3. The zero-order valence-corrected chi connectivity index (χ0v) is 23.9. The predicted molar refractivity (Wildman–Crippen MR) is 160 cm³/mol. The van der Waals surface area contributed by atoms with Crippen LogP contribution in [0.15, 0.2) is 73.1 Å². The van der Waals surface area contributed by atoms with Gasteiger partial charge in [0, 0.05) is 43.3 Å². The second-order valence-electron chi connectivity index (χ2n) is 9.25. The highest BCUT2D eigenvalue weighted by atomic mass is 19.1. The number of carbonyl (C=O) groups is 2. The molecule has 0 spiro atoms. The fraction of sp³-hybridized carbons (Fsp3) is 0.258. The lowest BCUT2D eigenvalue weighted by Gasteiger charge is -2.18. The molecule has 0 unspecified atom stereocenters. The first-order valence-electron chi connectivity index (χ1n) is 13.8. The number of hydrogen-bond donors (Lipinski definition) is 3. The van der Waals surface area contributed by atoms with Gasteiger partial charge in [-0.25, -0.2) is 24.1 Å². The third kappa shape index (κ3) is 8.07. The lowest BCUT2D eigenvalue weighted by molar-refractivity contribution is 0.0945. The fourth-order valence-corrected chi connectivity index (χ4v) is 4.14. The smallest absolute Gasteiger partial charge is 0.323 e. The summed E-state index contributed by atoms with van der Waals surface area (Å²) in [5.74, 6) is 0.398. The van der Waals surface area contributed by atoms with Crippen LogP contribution in [0.25, 0.3) is 11.3 Å². The SMILES string of the molecule is CCc1nccc(-c2cccnc2Oc2ccc(NC(=O)Nc3ccc(C(=O)NCCN(CC)CC)c(F)c3)cc2)n1. The monoisotopic (exact) mass is 571 g/mol. The lowest BCUT2D eigenvalue weighted by Crippen LogP contribution is -2.35. The third-order valence-corrected chi connectivity index (χ3v) is 6.48. The Labute approximate surface area is 244 Å². The Balaban J connectivity index is 1.33. The average Bonchev–Trinajstić information content (AvgIpc) is 3.00. The minimum atomic E-state index is -0.726. The van der Waals surface area contributed by atoms with Gasteiger partial charge in [0.15, 0.2) is 0 Å². The van der Waals surface area contributed by atoms with Gasteiger partial charge in [0.2, 0.25) is 5.88 Å². The maximum atomic E-state index is 14.6. The second-order valence-corrected chi connectivity index (χ2v) is 9.25. The molecule has 3 N–H and O–H groups in total. The summed E-state index contributed by atoms with van der Waals surface area (Å²) in [5.41, 5.74) is 2.06. The molecule has 2 aromatic carbocycles. The maximum Gasteiger partial charge on any atom is 0.323 e. The van der Waals surface area contributed by atoms with E-state index in [1.165, 1.54) is 12.1 Å². The van der Waals surface area contributed by atoms with Gasteiger partial charge in [-0.05, 0) is 73.8 Å². The molecule has 2 heterocycles. The van der Waals surface area contributed by atoms with Crippen molar-refractivity contribution in [1.82, 2.24) is 25.2 Å². The van der Waals surface area contributed by atoms with Crippen LogP contribution in [0.1, 0.15) is 37.0 Å². The number of hydrogen-bond acceptors (Lipinski definition) is 7. The van der Waals surface area contributed by atoms with Gasteiger partial charge in [-0.2, -0.15) is 0 Å². The Kier molecular flexibility index (Phi) is 10.5. The fourth-order valence-electron chi connectivity index (χ4n) is 4.14. The molecule has 0 atom stereocenters. The molecule has 218 valence electrons. The van der Waals surface area contributed by atoms with E-state index in [1.807, 2.05) is 32.9 Å². The molecule has 0 aliphatic carbocycles. The van der Waals surface area contributed by atoms with Crippen molar-refractivity contribution >= 4 is 23.3 Å². The van der Waals surface area contributed by atoms with Crippen molar-refractivity contribution in [2.45, 2.75) is 27.2 Å². The summed E-state index contributed by atoms with van der Waals surface area (Å²) in [7, 11) is 0. The summed E-state index contributed by atoms with van der Waals surface area (Å²) in [6, 6.07) is 15.6. The Bertz CT molecular complexity index is 1510. The van der Waals surface area contributed by atoms with Crippen LogP contribution in [-0.2, 0) is 6.42 Å². The van der Waals surface area contributed by atoms with Gasteiger partial charge in [-0.15, -0.1) is 0 Å². The van der Waals surface area contributed by atoms with Crippen LogP contribution >= 0.6 is 0 Å². The van der Waals surface area contributed by atoms with E-state index in [0.29, 0.717) is 42.5 Å². The number of benzene rings is 2. The molecule has 0 saturated carbocycles. The summed E-state index contributed by atoms with van der Waals surface area (Å²) in [5, 5.41) is 8.00. The quantitative estimate of drug-likeness (QED) is 0.198. The number of aryl methyl sites for hydroxylation is 1. The van der Waals surface area contributed by atoms with Gasteiger partial charge in [0.1, 0.15) is 17.4 Å². The number of pyridine rings is 1. The molecule has 0 aliphatic heterocycles. The standard InChI is InChI=1S/C31H34FN7O3/c1-4-28-33-17-15-27(38-28)25-8-7-16-35-30(25)42-23-12-9-21(10-13-23)36-31(41)37-22-11-14-24(26(32)20-22)29(40)34-18-19-39(5-2)6-3/h7-17,20H,4-6,18-19H2,1-3H3,(H,34,40)(H2,36,37,41). The molecular weight excluding hydrogens is 537 g/mol. The first-order chi connectivity index (χ1) is 20.4. The van der Waals surface area contributed by atoms with Crippen LogP contribution in [0.2, 0.25) is 0 Å². The molecule has 0 saturated heterocycles. The van der Waals surface area contributed by atoms with Crippen LogP contribution in [0.5, 0.6) is 11.6 Å². The summed E-state index contributed by atoms with van der Waals surface area (Å²) in [6.45, 7) is 8.91. The Morgan fingerprint density at radius 1 is 0.905 bits per heavy atom. The second kappa shape index (κ2) is 14.6. The van der Waals surface area contributed by atoms with Gasteiger partial charge >= 0.3 is 6.03 Å². The van der Waals surface area contributed by atoms with Gasteiger partial charge in [0.25, 0.3) is 5.91 Å². The number of aromatic nitrogens is 3. The van der Waals surface area contributed by atoms with Crippen molar-refractivity contribution in [3.63, 3.8) is 0 Å². The van der Waals surface area contributed by atoms with Gasteiger partial charge in [0.05, 0.1) is 16.8 Å². The van der Waals surface area contributed by atoms with E-state index in [2.05, 4.69) is 35.8 Å². The zero-order valence-electron chi connectivity index (χ0n) is 23.9. The summed E-state index contributed by atoms with van der Waals surface area (Å²) in [4.78, 5) is 40.2. The van der Waals surface area contributed by atoms with Gasteiger partial charge in [-0.3, -0.25) is 4.79 Å². The number of ether oxygens (including phenoxy) is 1. The molecule has 3 amide bonds. The van der Waals surface area contributed by atoms with E-state index in [9.17, 15) is 14.0 Å². The minimum Gasteiger partial charge on any atom is -0.438 e. The van der Waals surface area contributed by atoms with Crippen molar-refractivity contribution in [3.8, 4) is 22.9 Å². The summed E-state index contributed by atoms with van der Waals surface area (Å²) >= 11 is 0. The molecule has 4 aromatic rings. The summed E-state index contributed by atoms with van der Waals surface area (Å²) in [6.07, 6.45) is 4.05. The highest BCUT2D eigenvalue weighted by Gasteiger charge is 2.14. The van der Waals surface area contributed by atoms with Crippen molar-refractivity contribution < 1.29 is 18.7 Å². The summed E-state index contributed by atoms with van der Waals surface area (Å²) < 4.78 is 20.6. The van der Waals surface area contributed by atoms with Crippen LogP contribution in [0.4, 0.5) is 20.6 Å². The van der Waals surface area contributed by atoms with Crippen molar-refractivity contribution in [1.29, 1.82) is 0 Å². The molecule has 10 nitrogen and oxygen atoms in total. The zero-order chi connectivity index (χ0) is 29.9. The first-order valence-corrected chi connectivity index (χ1v) is 13.8. The number of halogens is 1. The highest BCUT2D eigenvalue weighted by Crippen LogP contribution is 2.30. The normalized spacial score (nSPS) is 10.8. The number of nitrogens with zero attached hydrogens (tertiary/aromatic N) is 4. The topological polar surface area (TPSA) is 121 Å². The van der Waals surface area contributed by atoms with Crippen LogP contribution < -0.4 is 20.7 Å². The van der Waals surface area contributed by atoms with Crippen molar-refractivity contribution in [3.05, 3.63) is 90.3 Å². The minimum absolute atomic E-state index is 0.0855. The van der Waals surface area contributed by atoms with E-state index in [-0.39, 0.29) is 11.3 Å². The molecule has 0 radical (unpaired) electrons. The Morgan fingerprint density at radius 2 is 1.64 bits per heavy atom. The number of carbonyl (C=O) groups excluding carboxylic acids is 2. The van der Waals surface area contributed by atoms with Crippen molar-refractivity contribution in [2.75, 3.05) is 36.8 Å². The van der Waals surface area contributed by atoms with E-state index >= 15 is 0 Å². The number of nitrogens with one attached hydrogen (secondary N) is 3. The molecule has 11 heteroatoms. The first kappa shape index (κ1) is 30.1. The van der Waals surface area contributed by atoms with E-state index in [1.54, 1.807) is 42.7 Å². The molecule has 0 aliphatic rings. The van der Waals surface area contributed by atoms with E-state index < -0.39 is 17.8 Å². The maximum absolute atomic E-state index is 14.6. The third-order valence-electron chi connectivity index (χ3n) is 6.48. The average molecular weight is 572 g/mol. The van der Waals surface area contributed by atoms with Crippen molar-refractivity contribution in [2.24, 2.45) is 0 Å². The molecule has 42 heavy (non-hydrogen) atoms. The number of likely N-dealkylation sites (N-methyl/N-ethyl adjacent to an activating group) is 1. The number of anilines is 2. The Morgan fingerprint density at radius 3 is 2.36 bits per heavy atom. The van der Waals surface area contributed by atoms with Crippen LogP contribution in [-0.4, -0.2) is 58.0 Å². The lowest BCUT2D eigenvalue weighted by atomic mass is 10.1. The van der Waals surface area contributed by atoms with E-state index in [0.717, 1.165) is 30.5 Å². The van der Waals surface area contributed by atoms with E-state index in [4.69, 9.17) is 4.74 Å². The van der Waals surface area contributed by atoms with Gasteiger partial charge < -0.3 is 25.6 Å². The predicted octanol–water partition coefficient (Wildman–Crippen LogP) is 5.75. The molecule has 4 rings (SSSR count). The molecule has 2 aromatic heterocycles. The number of urea groups is 1.